The Morgan fingerprint density at radius 1 is 1.31 bits per heavy atom. The summed E-state index contributed by atoms with van der Waals surface area (Å²) < 4.78 is 5.69. The summed E-state index contributed by atoms with van der Waals surface area (Å²) in [5.74, 6) is -0.556. The van der Waals surface area contributed by atoms with E-state index in [1.807, 2.05) is 30.3 Å². The fraction of sp³-hybridized carbons (Fsp3) is 0.200. The summed E-state index contributed by atoms with van der Waals surface area (Å²) in [6.07, 6.45) is 2.06. The molecule has 0 radical (unpaired) electrons. The maximum Gasteiger partial charge on any atom is 0.274 e. The van der Waals surface area contributed by atoms with Crippen molar-refractivity contribution in [3.05, 3.63) is 68.6 Å². The van der Waals surface area contributed by atoms with Gasteiger partial charge in [-0.05, 0) is 25.0 Å². The highest BCUT2D eigenvalue weighted by atomic mass is 32.2. The number of nitro benzene ring substituents is 1. The second-order valence-corrected chi connectivity index (χ2v) is 7.82. The molecule has 1 aliphatic heterocycles. The number of ether oxygens (including phenoxy) is 1. The predicted molar refractivity (Wildman–Crippen MR) is 116 cm³/mol. The van der Waals surface area contributed by atoms with Crippen LogP contribution in [0.5, 0.6) is 11.5 Å². The number of nitro groups is 1. The molecule has 0 saturated carbocycles. The minimum atomic E-state index is -0.579. The van der Waals surface area contributed by atoms with Crippen molar-refractivity contribution in [2.75, 3.05) is 13.2 Å². The highest BCUT2D eigenvalue weighted by molar-refractivity contribution is 8.26. The number of phenols is 1. The molecule has 0 aromatic heterocycles. The first kappa shape index (κ1) is 20.8. The van der Waals surface area contributed by atoms with Gasteiger partial charge in [0.1, 0.15) is 4.32 Å². The summed E-state index contributed by atoms with van der Waals surface area (Å²) in [4.78, 5) is 25.2. The molecule has 0 spiro atoms. The summed E-state index contributed by atoms with van der Waals surface area (Å²) in [7, 11) is 0. The van der Waals surface area contributed by atoms with E-state index in [1.54, 1.807) is 6.92 Å². The van der Waals surface area contributed by atoms with Crippen molar-refractivity contribution < 1.29 is 19.6 Å². The maximum atomic E-state index is 12.8. The van der Waals surface area contributed by atoms with E-state index in [0.29, 0.717) is 22.2 Å². The molecule has 9 heteroatoms. The number of rotatable bonds is 7. The lowest BCUT2D eigenvalue weighted by Gasteiger charge is -2.14. The molecule has 0 atom stereocenters. The molecular weight excluding hydrogens is 412 g/mol. The van der Waals surface area contributed by atoms with E-state index >= 15 is 0 Å². The van der Waals surface area contributed by atoms with Crippen molar-refractivity contribution in [2.45, 2.75) is 13.3 Å². The minimum Gasteiger partial charge on any atom is -0.504 e. The Morgan fingerprint density at radius 2 is 2.03 bits per heavy atom. The average molecular weight is 431 g/mol. The number of hydrogen-bond acceptors (Lipinski definition) is 7. The summed E-state index contributed by atoms with van der Waals surface area (Å²) in [6, 6.07) is 12.1. The normalized spacial score (nSPS) is 15.2. The van der Waals surface area contributed by atoms with Crippen LogP contribution in [0.3, 0.4) is 0 Å². The number of aromatic hydroxyl groups is 1. The molecule has 2 aromatic carbocycles. The van der Waals surface area contributed by atoms with Gasteiger partial charge in [-0.3, -0.25) is 19.8 Å². The predicted octanol–water partition coefficient (Wildman–Crippen LogP) is 4.14. The number of hydrogen-bond donors (Lipinski definition) is 1. The van der Waals surface area contributed by atoms with Crippen molar-refractivity contribution in [3.63, 3.8) is 0 Å². The molecule has 1 amide bonds. The number of carbonyl (C=O) groups excluding carboxylic acids is 1. The fourth-order valence-electron chi connectivity index (χ4n) is 2.81. The molecule has 29 heavy (non-hydrogen) atoms. The van der Waals surface area contributed by atoms with Crippen LogP contribution in [0.1, 0.15) is 18.1 Å². The molecule has 1 aliphatic rings. The number of phenolic OH excluding ortho intramolecular Hbond substituents is 1. The number of benzene rings is 2. The van der Waals surface area contributed by atoms with Crippen molar-refractivity contribution in [1.29, 1.82) is 0 Å². The Kier molecular flexibility index (Phi) is 6.50. The van der Waals surface area contributed by atoms with E-state index in [1.165, 1.54) is 17.0 Å². The molecule has 1 N–H and O–H groups in total. The molecule has 1 saturated heterocycles. The van der Waals surface area contributed by atoms with E-state index < -0.39 is 4.92 Å². The summed E-state index contributed by atoms with van der Waals surface area (Å²) in [6.45, 7) is 2.36. The lowest BCUT2D eigenvalue weighted by atomic mass is 10.1. The lowest BCUT2D eigenvalue weighted by molar-refractivity contribution is -0.385. The van der Waals surface area contributed by atoms with Crippen LogP contribution in [-0.2, 0) is 11.2 Å². The van der Waals surface area contributed by atoms with Gasteiger partial charge in [0.25, 0.3) is 11.6 Å². The molecule has 0 aliphatic carbocycles. The molecule has 2 aromatic rings. The molecular formula is C20H18N2O5S2. The molecule has 0 bridgehead atoms. The highest BCUT2D eigenvalue weighted by Gasteiger charge is 2.32. The van der Waals surface area contributed by atoms with Crippen molar-refractivity contribution in [2.24, 2.45) is 0 Å². The molecule has 0 unspecified atom stereocenters. The van der Waals surface area contributed by atoms with Crippen LogP contribution in [-0.4, -0.2) is 38.3 Å². The van der Waals surface area contributed by atoms with Gasteiger partial charge >= 0.3 is 0 Å². The number of thioether (sulfide) groups is 1. The first-order chi connectivity index (χ1) is 13.9. The molecule has 1 heterocycles. The topological polar surface area (TPSA) is 92.9 Å². The van der Waals surface area contributed by atoms with Crippen LogP contribution < -0.4 is 4.74 Å². The summed E-state index contributed by atoms with van der Waals surface area (Å²) >= 11 is 6.43. The van der Waals surface area contributed by atoms with Crippen LogP contribution in [0.2, 0.25) is 0 Å². The Balaban J connectivity index is 1.86. The Labute approximate surface area is 177 Å². The third-order valence-electron chi connectivity index (χ3n) is 4.23. The van der Waals surface area contributed by atoms with Crippen LogP contribution >= 0.6 is 24.0 Å². The van der Waals surface area contributed by atoms with Gasteiger partial charge in [-0.1, -0.05) is 54.3 Å². The van der Waals surface area contributed by atoms with Gasteiger partial charge in [0.2, 0.25) is 0 Å². The van der Waals surface area contributed by atoms with Crippen LogP contribution in [0.25, 0.3) is 6.08 Å². The zero-order chi connectivity index (χ0) is 21.0. The lowest BCUT2D eigenvalue weighted by Crippen LogP contribution is -2.30. The van der Waals surface area contributed by atoms with Gasteiger partial charge in [-0.25, -0.2) is 0 Å². The van der Waals surface area contributed by atoms with Crippen molar-refractivity contribution >= 4 is 46.0 Å². The fourth-order valence-corrected chi connectivity index (χ4v) is 4.11. The Bertz CT molecular complexity index is 992. The van der Waals surface area contributed by atoms with E-state index in [-0.39, 0.29) is 35.3 Å². The second kappa shape index (κ2) is 9.06. The first-order valence-electron chi connectivity index (χ1n) is 8.84. The van der Waals surface area contributed by atoms with Gasteiger partial charge < -0.3 is 9.84 Å². The molecule has 1 fully saturated rings. The number of amides is 1. The van der Waals surface area contributed by atoms with Crippen LogP contribution in [0, 0.1) is 10.1 Å². The average Bonchev–Trinajstić information content (AvgIpc) is 2.96. The minimum absolute atomic E-state index is 0.00694. The van der Waals surface area contributed by atoms with Gasteiger partial charge in [0, 0.05) is 18.2 Å². The van der Waals surface area contributed by atoms with E-state index in [4.69, 9.17) is 17.0 Å². The van der Waals surface area contributed by atoms with Crippen LogP contribution in [0.15, 0.2) is 47.4 Å². The monoisotopic (exact) mass is 430 g/mol. The number of nitrogens with zero attached hydrogens (tertiary/aromatic N) is 2. The smallest absolute Gasteiger partial charge is 0.274 e. The van der Waals surface area contributed by atoms with E-state index in [0.717, 1.165) is 23.4 Å². The van der Waals surface area contributed by atoms with Gasteiger partial charge in [0.15, 0.2) is 11.5 Å². The van der Waals surface area contributed by atoms with E-state index in [9.17, 15) is 20.0 Å². The number of non-ortho nitro benzene ring substituents is 1. The number of thiocarbonyl (C=S) groups is 1. The largest absolute Gasteiger partial charge is 0.504 e. The van der Waals surface area contributed by atoms with Crippen molar-refractivity contribution in [3.8, 4) is 11.5 Å². The molecule has 150 valence electrons. The van der Waals surface area contributed by atoms with E-state index in [2.05, 4.69) is 0 Å². The highest BCUT2D eigenvalue weighted by Crippen LogP contribution is 2.39. The third kappa shape index (κ3) is 4.75. The SMILES string of the molecule is CCOc1cc([N+](=O)[O-])cc(/C=C2/SC(=S)N(CCc3ccccc3)C2=O)c1O. The zero-order valence-corrected chi connectivity index (χ0v) is 17.2. The quantitative estimate of drug-likeness (QED) is 0.305. The standard InChI is InChI=1S/C20H18N2O5S2/c1-2-27-16-12-15(22(25)26)10-14(18(16)23)11-17-19(24)21(20(28)29-17)9-8-13-6-4-3-5-7-13/h3-7,10-12,23H,2,8-9H2,1H3/b17-11+. The maximum absolute atomic E-state index is 12.8. The molecule has 7 nitrogen and oxygen atoms in total. The summed E-state index contributed by atoms with van der Waals surface area (Å²) in [5, 5.41) is 21.6. The zero-order valence-electron chi connectivity index (χ0n) is 15.5. The Hall–Kier alpha value is -2.91. The number of carbonyl (C=O) groups is 1. The van der Waals surface area contributed by atoms with Gasteiger partial charge in [-0.15, -0.1) is 0 Å². The second-order valence-electron chi connectivity index (χ2n) is 6.14. The summed E-state index contributed by atoms with van der Waals surface area (Å²) in [5.41, 5.74) is 0.978. The van der Waals surface area contributed by atoms with Crippen molar-refractivity contribution in [1.82, 2.24) is 4.90 Å². The van der Waals surface area contributed by atoms with Crippen LogP contribution in [0.4, 0.5) is 5.69 Å². The third-order valence-corrected chi connectivity index (χ3v) is 5.60. The van der Waals surface area contributed by atoms with Gasteiger partial charge in [0.05, 0.1) is 22.5 Å². The Morgan fingerprint density at radius 3 is 2.69 bits per heavy atom. The molecule has 3 rings (SSSR count). The first-order valence-corrected chi connectivity index (χ1v) is 10.1. The van der Waals surface area contributed by atoms with Gasteiger partial charge in [-0.2, -0.15) is 0 Å².